The summed E-state index contributed by atoms with van der Waals surface area (Å²) in [6, 6.07) is 84.3. The van der Waals surface area contributed by atoms with Crippen molar-refractivity contribution in [2.45, 2.75) is 0 Å². The summed E-state index contributed by atoms with van der Waals surface area (Å²) in [5.41, 5.74) is 9.43. The molecule has 12 nitrogen and oxygen atoms in total. The maximum absolute atomic E-state index is 13.2. The standard InChI is InChI=1S/C13H11N2.C11H8BrN2.6C11H6F2N.C8H9N2.3Ir/c1-2-11-5-7-12(8-6-11)15-10-13-4-3-9-14-13;12-9-3-5-10(6-4-9)14-8-11-2-1-7-13-11;6*12-8-4-5-9(10(13)7-8)11-3-1-2-6-14-11;1-2-5-9-7-8-4-3-6-10-8;;;/h2-10H,1H2;1-8H;6*1-4,6-7H;2-4,6-7H,1,5H2;;;/q9*-1;;;. The van der Waals surface area contributed by atoms with Gasteiger partial charge in [-0.2, -0.15) is 18.6 Å². The first-order valence-electron chi connectivity index (χ1n) is 36.4. The molecule has 0 aliphatic heterocycles. The van der Waals surface area contributed by atoms with Gasteiger partial charge >= 0.3 is 0 Å². The van der Waals surface area contributed by atoms with Gasteiger partial charge in [-0.1, -0.05) is 226 Å². The second-order valence-corrected chi connectivity index (χ2v) is 25.2. The van der Waals surface area contributed by atoms with Crippen LogP contribution in [0.4, 0.5) is 64.1 Å². The minimum Gasteiger partial charge on any atom is -0.663 e. The Balaban J connectivity index is 0.000000219. The Kier molecular flexibility index (Phi) is 44.8. The van der Waals surface area contributed by atoms with Crippen molar-refractivity contribution in [3.05, 3.63) is 475 Å². The van der Waals surface area contributed by atoms with Gasteiger partial charge in [-0.25, -0.2) is 0 Å². The number of benzene rings is 8. The normalized spacial score (nSPS) is 10.1. The van der Waals surface area contributed by atoms with Gasteiger partial charge in [0.05, 0.1) is 17.9 Å². The zero-order chi connectivity index (χ0) is 87.3. The molecule has 0 saturated carbocycles. The van der Waals surface area contributed by atoms with Crippen LogP contribution in [0.25, 0.3) is 73.6 Å². The average molecular weight is 2290 g/mol. The SMILES string of the molecule is Brc1ccc(N=Cc2ccc[n-]2)cc1.C=CCN=Cc1ccc[n-]1.C=Cc1ccc(N=Cc2ccc[n-]2)cc1.Fc1c[c-]c(-c2ccccn2)c(F)c1.Fc1c[c-]c(-c2ccccn2)c(F)c1.Fc1c[c-]c(-c2ccccn2)c(F)c1.Fc1c[c-]c(-c2ccccn2)c(F)c1.Fc1c[c-]c(-c2ccccn2)c(F)c1.Fc1c[c-]c(-c2ccccn2)c(F)c1.[Ir].[Ir].[Ir]. The van der Waals surface area contributed by atoms with Gasteiger partial charge in [0, 0.05) is 190 Å². The summed E-state index contributed by atoms with van der Waals surface area (Å²) >= 11 is 3.37. The molecule has 126 heavy (non-hydrogen) atoms. The number of aliphatic imine (C=N–C) groups is 3. The number of hydrogen-bond donors (Lipinski definition) is 0. The fourth-order valence-corrected chi connectivity index (χ4v) is 10.1. The van der Waals surface area contributed by atoms with Gasteiger partial charge in [-0.05, 0) is 113 Å². The first-order valence-corrected chi connectivity index (χ1v) is 37.2. The first kappa shape index (κ1) is 101. The second kappa shape index (κ2) is 55.6. The van der Waals surface area contributed by atoms with E-state index in [1.807, 2.05) is 91.0 Å². The van der Waals surface area contributed by atoms with Crippen LogP contribution >= 0.6 is 15.9 Å². The van der Waals surface area contributed by atoms with Crippen LogP contribution in [-0.2, 0) is 60.3 Å². The Morgan fingerprint density at radius 3 is 0.738 bits per heavy atom. The molecule has 0 unspecified atom stereocenters. The molecule has 17 rings (SSSR count). The number of pyridine rings is 6. The maximum Gasteiger partial charge on any atom is 0.0629 e. The second-order valence-electron chi connectivity index (χ2n) is 24.3. The summed E-state index contributed by atoms with van der Waals surface area (Å²) in [5.74, 6) is -7.72. The molecule has 0 aliphatic carbocycles. The monoisotopic (exact) mass is 2290 g/mol. The first-order chi connectivity index (χ1) is 59.8. The van der Waals surface area contributed by atoms with E-state index in [0.717, 1.165) is 111 Å². The number of aromatic nitrogens is 9. The fourth-order valence-electron chi connectivity index (χ4n) is 9.81. The molecule has 0 saturated heterocycles. The molecule has 643 valence electrons. The van der Waals surface area contributed by atoms with E-state index in [-0.39, 0.29) is 93.7 Å². The summed E-state index contributed by atoms with van der Waals surface area (Å²) < 4.78 is 156. The Morgan fingerprint density at radius 1 is 0.302 bits per heavy atom. The third kappa shape index (κ3) is 35.1. The minimum atomic E-state index is -0.649. The molecule has 0 spiro atoms. The summed E-state index contributed by atoms with van der Waals surface area (Å²) in [4.78, 5) is 48.5. The van der Waals surface area contributed by atoms with Gasteiger partial charge in [-0.15, -0.1) is 96.5 Å². The predicted molar refractivity (Wildman–Crippen MR) is 458 cm³/mol. The summed E-state index contributed by atoms with van der Waals surface area (Å²) in [7, 11) is 0. The molecular weight excluding hydrogens is 2230 g/mol. The topological polar surface area (TPSA) is 157 Å². The third-order valence-corrected chi connectivity index (χ3v) is 16.0. The van der Waals surface area contributed by atoms with Crippen LogP contribution in [0.5, 0.6) is 0 Å². The van der Waals surface area contributed by atoms with E-state index < -0.39 is 69.8 Å². The molecule has 17 aromatic rings. The Hall–Kier alpha value is -13.4. The van der Waals surface area contributed by atoms with Crippen molar-refractivity contribution in [3.8, 4) is 67.5 Å². The van der Waals surface area contributed by atoms with E-state index in [9.17, 15) is 52.7 Å². The van der Waals surface area contributed by atoms with Crippen LogP contribution in [0, 0.1) is 106 Å². The maximum atomic E-state index is 13.2. The van der Waals surface area contributed by atoms with Crippen molar-refractivity contribution < 1.29 is 113 Å². The molecule has 8 aromatic carbocycles. The zero-order valence-corrected chi connectivity index (χ0v) is 74.2. The smallest absolute Gasteiger partial charge is 0.0629 e. The molecule has 0 fully saturated rings. The van der Waals surface area contributed by atoms with E-state index in [2.05, 4.69) is 125 Å². The van der Waals surface area contributed by atoms with Crippen molar-refractivity contribution in [1.82, 2.24) is 44.9 Å². The Bertz CT molecular complexity index is 5440. The number of rotatable bonds is 14. The molecular formula is C98H64BrF12Ir3N12-9. The van der Waals surface area contributed by atoms with Crippen LogP contribution in [0.15, 0.2) is 361 Å². The molecule has 0 N–H and O–H groups in total. The van der Waals surface area contributed by atoms with Crippen LogP contribution in [-0.4, -0.2) is 55.1 Å². The largest absolute Gasteiger partial charge is 0.663 e. The molecule has 0 aliphatic rings. The van der Waals surface area contributed by atoms with Crippen LogP contribution in [0.3, 0.4) is 0 Å². The van der Waals surface area contributed by atoms with Gasteiger partial charge in [-0.3, -0.25) is 67.7 Å². The molecule has 9 heterocycles. The van der Waals surface area contributed by atoms with Crippen molar-refractivity contribution in [2.75, 3.05) is 6.54 Å². The van der Waals surface area contributed by atoms with E-state index in [1.165, 1.54) is 0 Å². The number of hydrogen-bond acceptors (Lipinski definition) is 9. The van der Waals surface area contributed by atoms with Crippen molar-refractivity contribution in [1.29, 1.82) is 0 Å². The molecule has 0 bridgehead atoms. The molecule has 0 atom stereocenters. The number of nitrogens with zero attached hydrogens (tertiary/aromatic N) is 12. The van der Waals surface area contributed by atoms with E-state index >= 15 is 0 Å². The van der Waals surface area contributed by atoms with Crippen molar-refractivity contribution >= 4 is 52.0 Å². The van der Waals surface area contributed by atoms with Gasteiger partial charge in [0.25, 0.3) is 0 Å². The van der Waals surface area contributed by atoms with Gasteiger partial charge in [0.1, 0.15) is 0 Å². The van der Waals surface area contributed by atoms with Gasteiger partial charge in [0.15, 0.2) is 0 Å². The third-order valence-electron chi connectivity index (χ3n) is 15.5. The fraction of sp³-hybridized carbons (Fsp3) is 0.0102. The number of halogens is 13. The zero-order valence-electron chi connectivity index (χ0n) is 65.4. The van der Waals surface area contributed by atoms with E-state index in [0.29, 0.717) is 40.7 Å². The van der Waals surface area contributed by atoms with Crippen LogP contribution in [0.1, 0.15) is 22.6 Å². The molecule has 3 radical (unpaired) electrons. The van der Waals surface area contributed by atoms with E-state index in [4.69, 9.17) is 0 Å². The van der Waals surface area contributed by atoms with Crippen LogP contribution in [0.2, 0.25) is 0 Å². The summed E-state index contributed by atoms with van der Waals surface area (Å²) in [5, 5.41) is 0. The molecule has 28 heteroatoms. The quantitative estimate of drug-likeness (QED) is 0.0447. The molecule has 9 aromatic heterocycles. The van der Waals surface area contributed by atoms with Crippen LogP contribution < -0.4 is 15.0 Å². The molecule has 0 amide bonds. The Morgan fingerprint density at radius 2 is 0.540 bits per heavy atom. The summed E-state index contributed by atoms with van der Waals surface area (Å²) in [6.07, 6.45) is 23.3. The van der Waals surface area contributed by atoms with Crippen molar-refractivity contribution in [3.63, 3.8) is 0 Å². The Labute approximate surface area is 768 Å². The van der Waals surface area contributed by atoms with Crippen molar-refractivity contribution in [2.24, 2.45) is 15.0 Å². The minimum absolute atomic E-state index is 0. The van der Waals surface area contributed by atoms with Gasteiger partial charge in [0.2, 0.25) is 0 Å². The van der Waals surface area contributed by atoms with E-state index in [1.54, 1.807) is 190 Å². The average Bonchev–Trinajstić information content (AvgIpc) is 1.52. The van der Waals surface area contributed by atoms with Gasteiger partial charge < -0.3 is 44.9 Å². The summed E-state index contributed by atoms with van der Waals surface area (Å²) in [6.45, 7) is 7.90. The predicted octanol–water partition coefficient (Wildman–Crippen LogP) is 24.4.